The van der Waals surface area contributed by atoms with E-state index in [-0.39, 0.29) is 12.1 Å². The number of Topliss-reactive ketones (excluding diaryl/α,β-unsaturated/α-hetero) is 1. The van der Waals surface area contributed by atoms with Gasteiger partial charge in [0.25, 0.3) is 11.8 Å². The zero-order chi connectivity index (χ0) is 20.1. The van der Waals surface area contributed by atoms with Crippen molar-refractivity contribution in [2.24, 2.45) is 5.73 Å². The van der Waals surface area contributed by atoms with Gasteiger partial charge in [-0.2, -0.15) is 5.10 Å². The van der Waals surface area contributed by atoms with Crippen molar-refractivity contribution < 1.29 is 14.4 Å². The van der Waals surface area contributed by atoms with Crippen LogP contribution in [0.5, 0.6) is 0 Å². The Labute approximate surface area is 161 Å². The van der Waals surface area contributed by atoms with Crippen molar-refractivity contribution in [3.8, 4) is 5.69 Å². The molecule has 3 N–H and O–H groups in total. The monoisotopic (exact) mass is 377 g/mol. The summed E-state index contributed by atoms with van der Waals surface area (Å²) in [4.78, 5) is 40.5. The van der Waals surface area contributed by atoms with Crippen molar-refractivity contribution in [3.63, 3.8) is 0 Å². The molecule has 1 atom stereocenters. The highest BCUT2D eigenvalue weighted by Gasteiger charge is 2.27. The lowest BCUT2D eigenvalue weighted by molar-refractivity contribution is -0.137. The van der Waals surface area contributed by atoms with Gasteiger partial charge >= 0.3 is 0 Å². The standard InChI is InChI=1S/C20H19N5O3/c1-13-11-17(25(24-13)15-7-9-22-10-8-15)20(28)23-16(18(26)19(21)27)12-14-5-3-2-4-6-14/h2-11,16H,12H2,1H3,(H2,21,27)(H,23,28). The maximum Gasteiger partial charge on any atom is 0.287 e. The topological polar surface area (TPSA) is 120 Å². The quantitative estimate of drug-likeness (QED) is 0.595. The number of ketones is 1. The lowest BCUT2D eigenvalue weighted by Crippen LogP contribution is -2.47. The summed E-state index contributed by atoms with van der Waals surface area (Å²) in [6.07, 6.45) is 3.32. The maximum absolute atomic E-state index is 12.9. The Balaban J connectivity index is 1.88. The minimum atomic E-state index is -1.10. The number of carbonyl (C=O) groups excluding carboxylic acids is 3. The molecule has 0 radical (unpaired) electrons. The van der Waals surface area contributed by atoms with Gasteiger partial charge in [0.05, 0.1) is 11.4 Å². The summed E-state index contributed by atoms with van der Waals surface area (Å²) in [6.45, 7) is 1.75. The molecule has 2 aromatic heterocycles. The fraction of sp³-hybridized carbons (Fsp3) is 0.150. The van der Waals surface area contributed by atoms with E-state index in [0.29, 0.717) is 11.4 Å². The first kappa shape index (κ1) is 19.0. The minimum absolute atomic E-state index is 0.150. The average molecular weight is 377 g/mol. The molecule has 142 valence electrons. The number of aromatic nitrogens is 3. The third-order valence-corrected chi connectivity index (χ3v) is 4.12. The number of nitrogens with zero attached hydrogens (tertiary/aromatic N) is 3. The summed E-state index contributed by atoms with van der Waals surface area (Å²) in [5.41, 5.74) is 7.47. The molecule has 0 spiro atoms. The average Bonchev–Trinajstić information content (AvgIpc) is 3.10. The van der Waals surface area contributed by atoms with Gasteiger partial charge in [-0.1, -0.05) is 30.3 Å². The molecule has 28 heavy (non-hydrogen) atoms. The number of benzene rings is 1. The molecule has 0 saturated heterocycles. The number of nitrogens with one attached hydrogen (secondary N) is 1. The van der Waals surface area contributed by atoms with Crippen molar-refractivity contribution >= 4 is 17.6 Å². The van der Waals surface area contributed by atoms with Crippen molar-refractivity contribution in [2.75, 3.05) is 0 Å². The van der Waals surface area contributed by atoms with Crippen LogP contribution >= 0.6 is 0 Å². The Bertz CT molecular complexity index is 999. The van der Waals surface area contributed by atoms with Crippen LogP contribution in [0.2, 0.25) is 0 Å². The Morgan fingerprint density at radius 2 is 1.79 bits per heavy atom. The molecule has 0 saturated carbocycles. The Kier molecular flexibility index (Phi) is 5.59. The van der Waals surface area contributed by atoms with Gasteiger partial charge in [0.15, 0.2) is 0 Å². The Morgan fingerprint density at radius 1 is 1.11 bits per heavy atom. The van der Waals surface area contributed by atoms with Crippen molar-refractivity contribution in [2.45, 2.75) is 19.4 Å². The summed E-state index contributed by atoms with van der Waals surface area (Å²) < 4.78 is 1.46. The van der Waals surface area contributed by atoms with E-state index in [2.05, 4.69) is 15.4 Å². The van der Waals surface area contributed by atoms with E-state index in [1.807, 2.05) is 18.2 Å². The zero-order valence-corrected chi connectivity index (χ0v) is 15.2. The van der Waals surface area contributed by atoms with Crippen molar-refractivity contribution in [3.05, 3.63) is 77.9 Å². The molecule has 2 heterocycles. The molecule has 3 rings (SSSR count). The normalized spacial score (nSPS) is 11.6. The summed E-state index contributed by atoms with van der Waals surface area (Å²) in [6, 6.07) is 13.0. The van der Waals surface area contributed by atoms with E-state index in [1.165, 1.54) is 4.68 Å². The van der Waals surface area contributed by atoms with E-state index >= 15 is 0 Å². The molecule has 0 aliphatic heterocycles. The number of amides is 2. The van der Waals surface area contributed by atoms with Gasteiger partial charge in [-0.15, -0.1) is 0 Å². The third kappa shape index (κ3) is 4.29. The van der Waals surface area contributed by atoms with Crippen LogP contribution in [0.1, 0.15) is 21.7 Å². The molecule has 8 nitrogen and oxygen atoms in total. The van der Waals surface area contributed by atoms with Crippen LogP contribution in [-0.2, 0) is 16.0 Å². The van der Waals surface area contributed by atoms with Gasteiger partial charge in [-0.3, -0.25) is 19.4 Å². The number of primary amides is 1. The lowest BCUT2D eigenvalue weighted by Gasteiger charge is -2.17. The Morgan fingerprint density at radius 3 is 2.43 bits per heavy atom. The molecule has 1 unspecified atom stereocenters. The highest BCUT2D eigenvalue weighted by atomic mass is 16.2. The second-order valence-corrected chi connectivity index (χ2v) is 6.23. The van der Waals surface area contributed by atoms with Crippen LogP contribution < -0.4 is 11.1 Å². The van der Waals surface area contributed by atoms with Crippen LogP contribution in [-0.4, -0.2) is 38.4 Å². The number of hydrogen-bond acceptors (Lipinski definition) is 5. The number of nitrogens with two attached hydrogens (primary N) is 1. The minimum Gasteiger partial charge on any atom is -0.363 e. The molecular weight excluding hydrogens is 358 g/mol. The highest BCUT2D eigenvalue weighted by Crippen LogP contribution is 2.13. The molecule has 2 amide bonds. The number of rotatable bonds is 7. The maximum atomic E-state index is 12.9. The molecule has 0 aliphatic rings. The molecule has 0 bridgehead atoms. The Hall–Kier alpha value is -3.81. The summed E-state index contributed by atoms with van der Waals surface area (Å²) in [5.74, 6) is -2.49. The van der Waals surface area contributed by atoms with Crippen molar-refractivity contribution in [1.82, 2.24) is 20.1 Å². The summed E-state index contributed by atoms with van der Waals surface area (Å²) >= 11 is 0. The van der Waals surface area contributed by atoms with E-state index in [9.17, 15) is 14.4 Å². The molecule has 1 aromatic carbocycles. The number of aryl methyl sites for hydroxylation is 1. The fourth-order valence-electron chi connectivity index (χ4n) is 2.81. The van der Waals surface area contributed by atoms with Gasteiger partial charge in [0.1, 0.15) is 11.7 Å². The van der Waals surface area contributed by atoms with Crippen molar-refractivity contribution in [1.29, 1.82) is 0 Å². The first-order chi connectivity index (χ1) is 13.5. The lowest BCUT2D eigenvalue weighted by atomic mass is 10.0. The van der Waals surface area contributed by atoms with E-state index in [4.69, 9.17) is 5.73 Å². The van der Waals surface area contributed by atoms with E-state index in [0.717, 1.165) is 5.56 Å². The van der Waals surface area contributed by atoms with Gasteiger partial charge in [0, 0.05) is 18.8 Å². The summed E-state index contributed by atoms with van der Waals surface area (Å²) in [7, 11) is 0. The second-order valence-electron chi connectivity index (χ2n) is 6.23. The number of hydrogen-bond donors (Lipinski definition) is 2. The van der Waals surface area contributed by atoms with Crippen LogP contribution in [0.25, 0.3) is 5.69 Å². The zero-order valence-electron chi connectivity index (χ0n) is 15.2. The molecular formula is C20H19N5O3. The van der Waals surface area contributed by atoms with Crippen LogP contribution in [0.3, 0.4) is 0 Å². The van der Waals surface area contributed by atoms with Gasteiger partial charge < -0.3 is 11.1 Å². The van der Waals surface area contributed by atoms with Crippen LogP contribution in [0.4, 0.5) is 0 Å². The van der Waals surface area contributed by atoms with Gasteiger partial charge in [-0.05, 0) is 30.7 Å². The highest BCUT2D eigenvalue weighted by molar-refractivity contribution is 6.38. The second kappa shape index (κ2) is 8.26. The molecule has 8 heteroatoms. The molecule has 0 fully saturated rings. The van der Waals surface area contributed by atoms with E-state index in [1.54, 1.807) is 49.6 Å². The third-order valence-electron chi connectivity index (χ3n) is 4.12. The predicted octanol–water partition coefficient (Wildman–Crippen LogP) is 0.971. The predicted molar refractivity (Wildman–Crippen MR) is 102 cm³/mol. The van der Waals surface area contributed by atoms with Crippen LogP contribution in [0, 0.1) is 6.92 Å². The molecule has 3 aromatic rings. The van der Waals surface area contributed by atoms with Crippen LogP contribution in [0.15, 0.2) is 60.9 Å². The number of pyridine rings is 1. The van der Waals surface area contributed by atoms with Gasteiger partial charge in [0.2, 0.25) is 5.78 Å². The smallest absolute Gasteiger partial charge is 0.287 e. The van der Waals surface area contributed by atoms with Gasteiger partial charge in [-0.25, -0.2) is 4.68 Å². The number of carbonyl (C=O) groups is 3. The largest absolute Gasteiger partial charge is 0.363 e. The van der Waals surface area contributed by atoms with E-state index < -0.39 is 23.6 Å². The fourth-order valence-corrected chi connectivity index (χ4v) is 2.81. The summed E-state index contributed by atoms with van der Waals surface area (Å²) in [5, 5.41) is 6.95. The molecule has 0 aliphatic carbocycles. The first-order valence-electron chi connectivity index (χ1n) is 8.61. The first-order valence-corrected chi connectivity index (χ1v) is 8.61. The SMILES string of the molecule is Cc1cc(C(=O)NC(Cc2ccccc2)C(=O)C(N)=O)n(-c2ccncc2)n1.